The summed E-state index contributed by atoms with van der Waals surface area (Å²) in [6.07, 6.45) is 0. The molecule has 0 aliphatic heterocycles. The zero-order chi connectivity index (χ0) is 12.2. The van der Waals surface area contributed by atoms with E-state index in [2.05, 4.69) is 5.32 Å². The van der Waals surface area contributed by atoms with Gasteiger partial charge in [0.25, 0.3) is 0 Å². The average Bonchev–Trinajstić information content (AvgIpc) is 2.25. The molecule has 0 aliphatic rings. The zero-order valence-electron chi connectivity index (χ0n) is 9.88. The van der Waals surface area contributed by atoms with Crippen LogP contribution < -0.4 is 10.1 Å². The minimum atomic E-state index is -1.22. The van der Waals surface area contributed by atoms with E-state index in [9.17, 15) is 9.50 Å². The molecule has 0 saturated heterocycles. The van der Waals surface area contributed by atoms with E-state index in [0.29, 0.717) is 12.3 Å². The van der Waals surface area contributed by atoms with Gasteiger partial charge >= 0.3 is 0 Å². The van der Waals surface area contributed by atoms with Crippen molar-refractivity contribution in [2.24, 2.45) is 0 Å². The monoisotopic (exact) mass is 227 g/mol. The van der Waals surface area contributed by atoms with Crippen LogP contribution >= 0.6 is 0 Å². The SMILES string of the molecule is CCNCC(C)(O)c1ccc(OC)cc1F. The second-order valence-corrected chi connectivity index (χ2v) is 3.90. The fourth-order valence-electron chi connectivity index (χ4n) is 1.52. The Morgan fingerprint density at radius 1 is 1.50 bits per heavy atom. The molecule has 0 radical (unpaired) electrons. The van der Waals surface area contributed by atoms with Crippen molar-refractivity contribution in [3.63, 3.8) is 0 Å². The van der Waals surface area contributed by atoms with Crippen molar-refractivity contribution in [2.75, 3.05) is 20.2 Å². The number of rotatable bonds is 5. The molecule has 90 valence electrons. The first-order valence-corrected chi connectivity index (χ1v) is 5.28. The van der Waals surface area contributed by atoms with Crippen molar-refractivity contribution >= 4 is 0 Å². The van der Waals surface area contributed by atoms with Crippen LogP contribution in [0.15, 0.2) is 18.2 Å². The van der Waals surface area contributed by atoms with E-state index in [-0.39, 0.29) is 5.56 Å². The molecule has 16 heavy (non-hydrogen) atoms. The molecule has 1 aromatic carbocycles. The standard InChI is InChI=1S/C12H18FNO2/c1-4-14-8-12(2,15)10-6-5-9(16-3)7-11(10)13/h5-7,14-15H,4,8H2,1-3H3. The van der Waals surface area contributed by atoms with Gasteiger partial charge in [-0.15, -0.1) is 0 Å². The number of aliphatic hydroxyl groups is 1. The minimum Gasteiger partial charge on any atom is -0.497 e. The largest absolute Gasteiger partial charge is 0.497 e. The van der Waals surface area contributed by atoms with E-state index in [1.807, 2.05) is 6.92 Å². The number of nitrogens with one attached hydrogen (secondary N) is 1. The van der Waals surface area contributed by atoms with E-state index in [0.717, 1.165) is 6.54 Å². The number of ether oxygens (including phenoxy) is 1. The summed E-state index contributed by atoms with van der Waals surface area (Å²) >= 11 is 0. The van der Waals surface area contributed by atoms with Crippen LogP contribution in [-0.4, -0.2) is 25.3 Å². The lowest BCUT2D eigenvalue weighted by molar-refractivity contribution is 0.0538. The van der Waals surface area contributed by atoms with Crippen LogP contribution in [-0.2, 0) is 5.60 Å². The lowest BCUT2D eigenvalue weighted by Gasteiger charge is -2.24. The van der Waals surface area contributed by atoms with Crippen LogP contribution in [0, 0.1) is 5.82 Å². The fraction of sp³-hybridized carbons (Fsp3) is 0.500. The number of hydrogen-bond acceptors (Lipinski definition) is 3. The summed E-state index contributed by atoms with van der Waals surface area (Å²) in [5.41, 5.74) is -0.943. The van der Waals surface area contributed by atoms with Crippen molar-refractivity contribution in [3.05, 3.63) is 29.6 Å². The Labute approximate surface area is 95.2 Å². The lowest BCUT2D eigenvalue weighted by atomic mass is 9.95. The smallest absolute Gasteiger partial charge is 0.133 e. The van der Waals surface area contributed by atoms with E-state index in [1.165, 1.54) is 13.2 Å². The molecule has 0 fully saturated rings. The summed E-state index contributed by atoms with van der Waals surface area (Å²) in [7, 11) is 1.48. The number of hydrogen-bond donors (Lipinski definition) is 2. The van der Waals surface area contributed by atoms with Gasteiger partial charge in [0.2, 0.25) is 0 Å². The van der Waals surface area contributed by atoms with Crippen LogP contribution in [0.4, 0.5) is 4.39 Å². The first-order valence-electron chi connectivity index (χ1n) is 5.28. The highest BCUT2D eigenvalue weighted by Crippen LogP contribution is 2.25. The van der Waals surface area contributed by atoms with Gasteiger partial charge in [0.15, 0.2) is 0 Å². The maximum atomic E-state index is 13.7. The Morgan fingerprint density at radius 2 is 2.19 bits per heavy atom. The van der Waals surface area contributed by atoms with Crippen molar-refractivity contribution in [3.8, 4) is 5.75 Å². The first-order chi connectivity index (χ1) is 7.51. The molecule has 0 bridgehead atoms. The highest BCUT2D eigenvalue weighted by molar-refractivity contribution is 5.32. The third kappa shape index (κ3) is 2.93. The zero-order valence-corrected chi connectivity index (χ0v) is 9.88. The highest BCUT2D eigenvalue weighted by Gasteiger charge is 2.26. The molecule has 0 aromatic heterocycles. The van der Waals surface area contributed by atoms with Crippen LogP contribution in [0.2, 0.25) is 0 Å². The molecule has 1 aromatic rings. The topological polar surface area (TPSA) is 41.5 Å². The van der Waals surface area contributed by atoms with E-state index in [1.54, 1.807) is 19.1 Å². The Kier molecular flexibility index (Phi) is 4.26. The number of likely N-dealkylation sites (N-methyl/N-ethyl adjacent to an activating group) is 1. The van der Waals surface area contributed by atoms with Gasteiger partial charge in [-0.25, -0.2) is 4.39 Å². The molecule has 1 rings (SSSR count). The Hall–Kier alpha value is -1.13. The van der Waals surface area contributed by atoms with Gasteiger partial charge in [0, 0.05) is 18.2 Å². The summed E-state index contributed by atoms with van der Waals surface area (Å²) in [4.78, 5) is 0. The van der Waals surface area contributed by atoms with Crippen LogP contribution in [0.5, 0.6) is 5.75 Å². The van der Waals surface area contributed by atoms with Crippen molar-refractivity contribution in [2.45, 2.75) is 19.4 Å². The second kappa shape index (κ2) is 5.27. The van der Waals surface area contributed by atoms with Gasteiger partial charge in [0.05, 0.1) is 7.11 Å². The Morgan fingerprint density at radius 3 is 2.69 bits per heavy atom. The van der Waals surface area contributed by atoms with Crippen molar-refractivity contribution in [1.29, 1.82) is 0 Å². The summed E-state index contributed by atoms with van der Waals surface area (Å²) in [5.74, 6) is -0.0113. The van der Waals surface area contributed by atoms with Crippen molar-refractivity contribution < 1.29 is 14.2 Å². The maximum absolute atomic E-state index is 13.7. The molecule has 4 heteroatoms. The molecule has 0 saturated carbocycles. The second-order valence-electron chi connectivity index (χ2n) is 3.90. The minimum absolute atomic E-state index is 0.272. The van der Waals surface area contributed by atoms with Crippen LogP contribution in [0.3, 0.4) is 0 Å². The molecule has 1 atom stereocenters. The molecule has 2 N–H and O–H groups in total. The number of halogens is 1. The van der Waals surface area contributed by atoms with Gasteiger partial charge in [-0.3, -0.25) is 0 Å². The number of methoxy groups -OCH3 is 1. The molecule has 1 unspecified atom stereocenters. The summed E-state index contributed by atoms with van der Waals surface area (Å²) in [6, 6.07) is 4.46. The summed E-state index contributed by atoms with van der Waals surface area (Å²) in [5, 5.41) is 13.1. The van der Waals surface area contributed by atoms with E-state index >= 15 is 0 Å². The van der Waals surface area contributed by atoms with Crippen LogP contribution in [0.25, 0.3) is 0 Å². The molecule has 0 aliphatic carbocycles. The molecule has 0 amide bonds. The summed E-state index contributed by atoms with van der Waals surface area (Å²) < 4.78 is 18.6. The van der Waals surface area contributed by atoms with Crippen molar-refractivity contribution in [1.82, 2.24) is 5.32 Å². The normalized spacial score (nSPS) is 14.6. The average molecular weight is 227 g/mol. The molecule has 3 nitrogen and oxygen atoms in total. The highest BCUT2D eigenvalue weighted by atomic mass is 19.1. The van der Waals surface area contributed by atoms with Gasteiger partial charge in [-0.1, -0.05) is 6.92 Å². The molecular formula is C12H18FNO2. The van der Waals surface area contributed by atoms with Crippen LogP contribution in [0.1, 0.15) is 19.4 Å². The predicted molar refractivity (Wildman–Crippen MR) is 61.1 cm³/mol. The Balaban J connectivity index is 2.94. The molecular weight excluding hydrogens is 209 g/mol. The van der Waals surface area contributed by atoms with Gasteiger partial charge in [-0.05, 0) is 25.6 Å². The first kappa shape index (κ1) is 12.9. The molecule has 0 heterocycles. The third-order valence-corrected chi connectivity index (χ3v) is 2.48. The van der Waals surface area contributed by atoms with Gasteiger partial charge in [0.1, 0.15) is 17.2 Å². The predicted octanol–water partition coefficient (Wildman–Crippen LogP) is 1.65. The fourth-order valence-corrected chi connectivity index (χ4v) is 1.52. The van der Waals surface area contributed by atoms with E-state index in [4.69, 9.17) is 4.74 Å². The van der Waals surface area contributed by atoms with Gasteiger partial charge in [-0.2, -0.15) is 0 Å². The van der Waals surface area contributed by atoms with E-state index < -0.39 is 11.4 Å². The Bertz CT molecular complexity index is 353. The molecule has 0 spiro atoms. The van der Waals surface area contributed by atoms with Gasteiger partial charge < -0.3 is 15.2 Å². The number of benzene rings is 1. The quantitative estimate of drug-likeness (QED) is 0.803. The third-order valence-electron chi connectivity index (χ3n) is 2.48. The summed E-state index contributed by atoms with van der Waals surface area (Å²) in [6.45, 7) is 4.56. The lowest BCUT2D eigenvalue weighted by Crippen LogP contribution is -2.36. The maximum Gasteiger partial charge on any atom is 0.133 e.